The molecule has 5 heteroatoms. The Balaban J connectivity index is 1.88. The van der Waals surface area contributed by atoms with Crippen molar-refractivity contribution in [1.29, 1.82) is 0 Å². The smallest absolute Gasteiger partial charge is 0.308 e. The number of rotatable bonds is 2. The number of ether oxygens (including phenoxy) is 1. The summed E-state index contributed by atoms with van der Waals surface area (Å²) in [5.41, 5.74) is 1.78. The van der Waals surface area contributed by atoms with E-state index in [4.69, 9.17) is 4.74 Å². The highest BCUT2D eigenvalue weighted by Gasteiger charge is 2.35. The minimum absolute atomic E-state index is 0.00639. The average molecular weight is 289 g/mol. The third-order valence-corrected chi connectivity index (χ3v) is 4.28. The van der Waals surface area contributed by atoms with Gasteiger partial charge in [0.2, 0.25) is 5.91 Å². The van der Waals surface area contributed by atoms with Gasteiger partial charge in [0, 0.05) is 18.8 Å². The second-order valence-corrected chi connectivity index (χ2v) is 5.73. The van der Waals surface area contributed by atoms with E-state index in [1.807, 2.05) is 24.3 Å². The highest BCUT2D eigenvalue weighted by Crippen LogP contribution is 2.32. The first-order valence-electron chi connectivity index (χ1n) is 7.36. The molecule has 1 aromatic carbocycles. The van der Waals surface area contributed by atoms with Crippen LogP contribution in [0.15, 0.2) is 24.3 Å². The minimum atomic E-state index is -0.845. The first-order chi connectivity index (χ1) is 10.2. The fraction of sp³-hybridized carbons (Fsp3) is 0.500. The summed E-state index contributed by atoms with van der Waals surface area (Å²) in [5.74, 6) is -1.54. The lowest BCUT2D eigenvalue weighted by Crippen LogP contribution is -2.46. The van der Waals surface area contributed by atoms with Crippen LogP contribution in [0.5, 0.6) is 0 Å². The van der Waals surface area contributed by atoms with Crippen molar-refractivity contribution in [2.75, 3.05) is 24.7 Å². The van der Waals surface area contributed by atoms with E-state index in [-0.39, 0.29) is 18.4 Å². The fourth-order valence-electron chi connectivity index (χ4n) is 3.13. The van der Waals surface area contributed by atoms with E-state index in [0.29, 0.717) is 19.6 Å². The molecule has 0 radical (unpaired) electrons. The second kappa shape index (κ2) is 5.85. The Hall–Kier alpha value is -1.88. The molecule has 112 valence electrons. The van der Waals surface area contributed by atoms with Crippen molar-refractivity contribution in [3.8, 4) is 0 Å². The number of carboxylic acid groups (broad SMARTS) is 1. The summed E-state index contributed by atoms with van der Waals surface area (Å²) in [5, 5.41) is 9.31. The zero-order chi connectivity index (χ0) is 14.8. The first-order valence-corrected chi connectivity index (χ1v) is 7.36. The predicted molar refractivity (Wildman–Crippen MR) is 77.2 cm³/mol. The normalized spacial score (nSPS) is 25.2. The number of para-hydroxylation sites is 1. The molecule has 1 amide bonds. The van der Waals surface area contributed by atoms with Crippen molar-refractivity contribution in [3.63, 3.8) is 0 Å². The molecule has 0 bridgehead atoms. The zero-order valence-corrected chi connectivity index (χ0v) is 11.8. The lowest BCUT2D eigenvalue weighted by molar-refractivity contribution is -0.141. The summed E-state index contributed by atoms with van der Waals surface area (Å²) < 4.78 is 5.39. The van der Waals surface area contributed by atoms with E-state index in [0.717, 1.165) is 24.1 Å². The van der Waals surface area contributed by atoms with Gasteiger partial charge in [-0.1, -0.05) is 18.2 Å². The van der Waals surface area contributed by atoms with Gasteiger partial charge in [0.15, 0.2) is 0 Å². The number of hydrogen-bond donors (Lipinski definition) is 1. The van der Waals surface area contributed by atoms with Gasteiger partial charge in [-0.2, -0.15) is 0 Å². The molecule has 1 saturated heterocycles. The van der Waals surface area contributed by atoms with Crippen molar-refractivity contribution in [3.05, 3.63) is 29.8 Å². The van der Waals surface area contributed by atoms with E-state index in [9.17, 15) is 14.7 Å². The number of aliphatic carboxylic acids is 1. The lowest BCUT2D eigenvalue weighted by Gasteiger charge is -2.35. The minimum Gasteiger partial charge on any atom is -0.481 e. The van der Waals surface area contributed by atoms with E-state index < -0.39 is 11.9 Å². The van der Waals surface area contributed by atoms with Crippen LogP contribution in [0, 0.1) is 11.8 Å². The highest BCUT2D eigenvalue weighted by molar-refractivity contribution is 5.97. The molecular formula is C16H19NO4. The molecule has 2 aliphatic heterocycles. The monoisotopic (exact) mass is 289 g/mol. The molecule has 1 fully saturated rings. The Bertz CT molecular complexity index is 551. The predicted octanol–water partition coefficient (Wildman–Crippen LogP) is 1.70. The van der Waals surface area contributed by atoms with Crippen molar-refractivity contribution in [2.45, 2.75) is 19.3 Å². The van der Waals surface area contributed by atoms with E-state index in [2.05, 4.69) is 0 Å². The molecule has 21 heavy (non-hydrogen) atoms. The van der Waals surface area contributed by atoms with Crippen LogP contribution in [0.1, 0.15) is 18.4 Å². The van der Waals surface area contributed by atoms with Gasteiger partial charge in [0.1, 0.15) is 0 Å². The summed E-state index contributed by atoms with van der Waals surface area (Å²) in [6.45, 7) is 1.40. The maximum Gasteiger partial charge on any atom is 0.308 e. The molecule has 3 rings (SSSR count). The number of nitrogens with zero attached hydrogens (tertiary/aromatic N) is 1. The van der Waals surface area contributed by atoms with Crippen LogP contribution in [0.2, 0.25) is 0 Å². The van der Waals surface area contributed by atoms with E-state index in [1.165, 1.54) is 0 Å². The van der Waals surface area contributed by atoms with Gasteiger partial charge in [0.25, 0.3) is 0 Å². The summed E-state index contributed by atoms with van der Waals surface area (Å²) in [6, 6.07) is 7.57. The lowest BCUT2D eigenvalue weighted by atomic mass is 9.90. The van der Waals surface area contributed by atoms with Crippen molar-refractivity contribution < 1.29 is 19.4 Å². The number of carboxylic acids is 1. The third kappa shape index (κ3) is 2.78. The SMILES string of the molecule is O=C(O)C1Cc2ccccc2N(C(=O)C2CCCOC2)C1. The molecule has 2 atom stereocenters. The molecule has 1 N–H and O–H groups in total. The first kappa shape index (κ1) is 14.1. The Morgan fingerprint density at radius 1 is 1.24 bits per heavy atom. The van der Waals surface area contributed by atoms with E-state index >= 15 is 0 Å². The van der Waals surface area contributed by atoms with Gasteiger partial charge in [-0.25, -0.2) is 0 Å². The van der Waals surface area contributed by atoms with Crippen molar-refractivity contribution >= 4 is 17.6 Å². The van der Waals surface area contributed by atoms with Gasteiger partial charge in [-0.3, -0.25) is 9.59 Å². The number of carbonyl (C=O) groups is 2. The zero-order valence-electron chi connectivity index (χ0n) is 11.8. The number of anilines is 1. The van der Waals surface area contributed by atoms with Gasteiger partial charge in [-0.15, -0.1) is 0 Å². The molecule has 0 aliphatic carbocycles. The Kier molecular flexibility index (Phi) is 3.92. The highest BCUT2D eigenvalue weighted by atomic mass is 16.5. The standard InChI is InChI=1S/C16H19NO4/c18-15(12-5-3-7-21-10-12)17-9-13(16(19)20)8-11-4-1-2-6-14(11)17/h1-2,4,6,12-13H,3,5,7-10H2,(H,19,20). The quantitative estimate of drug-likeness (QED) is 0.900. The fourth-order valence-corrected chi connectivity index (χ4v) is 3.13. The van der Waals surface area contributed by atoms with Crippen LogP contribution < -0.4 is 4.90 Å². The van der Waals surface area contributed by atoms with Gasteiger partial charge in [0.05, 0.1) is 18.4 Å². The molecule has 0 spiro atoms. The average Bonchev–Trinajstić information content (AvgIpc) is 2.54. The van der Waals surface area contributed by atoms with Crippen LogP contribution in [-0.2, 0) is 20.7 Å². The molecule has 0 saturated carbocycles. The number of hydrogen-bond acceptors (Lipinski definition) is 3. The van der Waals surface area contributed by atoms with Gasteiger partial charge >= 0.3 is 5.97 Å². The molecule has 5 nitrogen and oxygen atoms in total. The van der Waals surface area contributed by atoms with Crippen LogP contribution in [-0.4, -0.2) is 36.7 Å². The van der Waals surface area contributed by atoms with Crippen LogP contribution in [0.4, 0.5) is 5.69 Å². The Labute approximate surface area is 123 Å². The Morgan fingerprint density at radius 2 is 2.05 bits per heavy atom. The Morgan fingerprint density at radius 3 is 2.76 bits per heavy atom. The number of carbonyl (C=O) groups excluding carboxylic acids is 1. The van der Waals surface area contributed by atoms with Gasteiger partial charge < -0.3 is 14.7 Å². The van der Waals surface area contributed by atoms with E-state index in [1.54, 1.807) is 4.90 Å². The molecule has 2 unspecified atom stereocenters. The second-order valence-electron chi connectivity index (χ2n) is 5.73. The topological polar surface area (TPSA) is 66.8 Å². The number of amides is 1. The summed E-state index contributed by atoms with van der Waals surface area (Å²) in [6.07, 6.45) is 2.18. The van der Waals surface area contributed by atoms with Gasteiger partial charge in [-0.05, 0) is 30.9 Å². The largest absolute Gasteiger partial charge is 0.481 e. The molecule has 2 aliphatic rings. The van der Waals surface area contributed by atoms with Crippen LogP contribution in [0.25, 0.3) is 0 Å². The van der Waals surface area contributed by atoms with Crippen molar-refractivity contribution in [2.24, 2.45) is 11.8 Å². The van der Waals surface area contributed by atoms with Crippen molar-refractivity contribution in [1.82, 2.24) is 0 Å². The number of fused-ring (bicyclic) bond motifs is 1. The summed E-state index contributed by atoms with van der Waals surface area (Å²) in [7, 11) is 0. The molecule has 0 aromatic heterocycles. The maximum absolute atomic E-state index is 12.7. The molecule has 2 heterocycles. The van der Waals surface area contributed by atoms with Crippen LogP contribution in [0.3, 0.4) is 0 Å². The molecule has 1 aromatic rings. The van der Waals surface area contributed by atoms with Crippen LogP contribution >= 0.6 is 0 Å². The molecular weight excluding hydrogens is 270 g/mol. The summed E-state index contributed by atoms with van der Waals surface area (Å²) >= 11 is 0. The number of benzene rings is 1. The third-order valence-electron chi connectivity index (χ3n) is 4.28. The summed E-state index contributed by atoms with van der Waals surface area (Å²) in [4.78, 5) is 25.7. The maximum atomic E-state index is 12.7.